The molecule has 1 amide bonds. The van der Waals surface area contributed by atoms with Crippen molar-refractivity contribution in [3.05, 3.63) is 35.9 Å². The van der Waals surface area contributed by atoms with Crippen LogP contribution in [0, 0.1) is 0 Å². The van der Waals surface area contributed by atoms with Crippen LogP contribution in [0.2, 0.25) is 0 Å². The van der Waals surface area contributed by atoms with Gasteiger partial charge in [-0.05, 0) is 49.3 Å². The van der Waals surface area contributed by atoms with Crippen molar-refractivity contribution in [1.82, 2.24) is 10.2 Å². The Morgan fingerprint density at radius 3 is 2.68 bits per heavy atom. The molecule has 1 atom stereocenters. The molecular formula is C18H26N2OS. The Kier molecular flexibility index (Phi) is 5.79. The molecule has 0 radical (unpaired) electrons. The second-order valence-electron chi connectivity index (χ2n) is 6.36. The molecule has 0 unspecified atom stereocenters. The number of likely N-dealkylation sites (tertiary alicyclic amines) is 1. The molecule has 3 rings (SSSR count). The first-order valence-electron chi connectivity index (χ1n) is 8.49. The molecule has 120 valence electrons. The van der Waals surface area contributed by atoms with Gasteiger partial charge in [0.25, 0.3) is 0 Å². The van der Waals surface area contributed by atoms with Crippen molar-refractivity contribution in [2.75, 3.05) is 18.1 Å². The van der Waals surface area contributed by atoms with Crippen molar-refractivity contribution < 1.29 is 4.79 Å². The van der Waals surface area contributed by atoms with E-state index in [1.165, 1.54) is 29.9 Å². The molecule has 1 N–H and O–H groups in total. The molecule has 2 aliphatic heterocycles. The molecule has 0 aromatic heterocycles. The first-order valence-corrected chi connectivity index (χ1v) is 9.64. The predicted octanol–water partition coefficient (Wildman–Crippen LogP) is 3.05. The standard InChI is InChI=1S/C18H26N2OS/c21-18(19-16-9-12-22-13-10-16)17-8-4-5-11-20(17)14-15-6-2-1-3-7-15/h1-3,6-7,16-17H,4-5,8-14H2,(H,19,21)/t17-/m0/s1. The second kappa shape index (κ2) is 8.02. The Morgan fingerprint density at radius 2 is 1.91 bits per heavy atom. The first-order chi connectivity index (χ1) is 10.8. The summed E-state index contributed by atoms with van der Waals surface area (Å²) in [6.07, 6.45) is 5.63. The zero-order chi connectivity index (χ0) is 15.2. The van der Waals surface area contributed by atoms with Crippen LogP contribution < -0.4 is 5.32 Å². The van der Waals surface area contributed by atoms with Crippen molar-refractivity contribution in [2.24, 2.45) is 0 Å². The van der Waals surface area contributed by atoms with Crippen LogP contribution in [0.5, 0.6) is 0 Å². The number of nitrogens with zero attached hydrogens (tertiary/aromatic N) is 1. The van der Waals surface area contributed by atoms with Gasteiger partial charge in [0.2, 0.25) is 5.91 Å². The molecular weight excluding hydrogens is 292 g/mol. The summed E-state index contributed by atoms with van der Waals surface area (Å²) in [5.41, 5.74) is 1.30. The van der Waals surface area contributed by atoms with E-state index in [2.05, 4.69) is 34.5 Å². The number of rotatable bonds is 4. The van der Waals surface area contributed by atoms with Crippen LogP contribution in [0.1, 0.15) is 37.7 Å². The number of piperidine rings is 1. The largest absolute Gasteiger partial charge is 0.352 e. The van der Waals surface area contributed by atoms with Crippen LogP contribution in [0.3, 0.4) is 0 Å². The molecule has 0 saturated carbocycles. The smallest absolute Gasteiger partial charge is 0.237 e. The fourth-order valence-corrected chi connectivity index (χ4v) is 4.54. The number of thioether (sulfide) groups is 1. The summed E-state index contributed by atoms with van der Waals surface area (Å²) in [6, 6.07) is 11.0. The Morgan fingerprint density at radius 1 is 1.14 bits per heavy atom. The van der Waals surface area contributed by atoms with Crippen LogP contribution in [-0.4, -0.2) is 40.9 Å². The number of carbonyl (C=O) groups excluding carboxylic acids is 1. The minimum absolute atomic E-state index is 0.0588. The fraction of sp³-hybridized carbons (Fsp3) is 0.611. The third-order valence-corrected chi connectivity index (χ3v) is 5.76. The van der Waals surface area contributed by atoms with Crippen molar-refractivity contribution in [1.29, 1.82) is 0 Å². The number of hydrogen-bond donors (Lipinski definition) is 1. The van der Waals surface area contributed by atoms with E-state index >= 15 is 0 Å². The molecule has 0 spiro atoms. The van der Waals surface area contributed by atoms with Gasteiger partial charge in [0, 0.05) is 12.6 Å². The molecule has 2 aliphatic rings. The topological polar surface area (TPSA) is 32.3 Å². The Hall–Kier alpha value is -1.00. The third kappa shape index (κ3) is 4.26. The van der Waals surface area contributed by atoms with E-state index in [9.17, 15) is 4.79 Å². The highest BCUT2D eigenvalue weighted by atomic mass is 32.2. The molecule has 4 heteroatoms. The molecule has 1 aromatic carbocycles. The lowest BCUT2D eigenvalue weighted by atomic mass is 9.99. The Labute approximate surface area is 137 Å². The lowest BCUT2D eigenvalue weighted by Crippen LogP contribution is -2.51. The van der Waals surface area contributed by atoms with Crippen LogP contribution in [0.25, 0.3) is 0 Å². The van der Waals surface area contributed by atoms with Gasteiger partial charge in [-0.25, -0.2) is 0 Å². The van der Waals surface area contributed by atoms with Crippen LogP contribution in [0.15, 0.2) is 30.3 Å². The number of carbonyl (C=O) groups is 1. The van der Waals surface area contributed by atoms with E-state index in [0.29, 0.717) is 6.04 Å². The lowest BCUT2D eigenvalue weighted by Gasteiger charge is -2.36. The maximum atomic E-state index is 12.7. The monoisotopic (exact) mass is 318 g/mol. The molecule has 1 aromatic rings. The van der Waals surface area contributed by atoms with E-state index in [1.807, 2.05) is 17.8 Å². The van der Waals surface area contributed by atoms with Crippen LogP contribution in [0.4, 0.5) is 0 Å². The summed E-state index contributed by atoms with van der Waals surface area (Å²) in [5.74, 6) is 2.62. The highest BCUT2D eigenvalue weighted by Crippen LogP contribution is 2.22. The quantitative estimate of drug-likeness (QED) is 0.926. The zero-order valence-electron chi connectivity index (χ0n) is 13.2. The average Bonchev–Trinajstić information content (AvgIpc) is 2.57. The van der Waals surface area contributed by atoms with Gasteiger partial charge < -0.3 is 5.32 Å². The van der Waals surface area contributed by atoms with Gasteiger partial charge in [-0.1, -0.05) is 36.8 Å². The number of amides is 1. The van der Waals surface area contributed by atoms with Gasteiger partial charge in [0.1, 0.15) is 0 Å². The maximum Gasteiger partial charge on any atom is 0.237 e. The van der Waals surface area contributed by atoms with Crippen molar-refractivity contribution in [3.8, 4) is 0 Å². The van der Waals surface area contributed by atoms with E-state index in [-0.39, 0.29) is 11.9 Å². The fourth-order valence-electron chi connectivity index (χ4n) is 3.43. The SMILES string of the molecule is O=C(NC1CCSCC1)[C@@H]1CCCCN1Cc1ccccc1. The van der Waals surface area contributed by atoms with Gasteiger partial charge in [-0.3, -0.25) is 9.69 Å². The van der Waals surface area contributed by atoms with Gasteiger partial charge in [-0.15, -0.1) is 0 Å². The van der Waals surface area contributed by atoms with E-state index in [1.54, 1.807) is 0 Å². The third-order valence-electron chi connectivity index (χ3n) is 4.71. The van der Waals surface area contributed by atoms with Crippen molar-refractivity contribution in [3.63, 3.8) is 0 Å². The summed E-state index contributed by atoms with van der Waals surface area (Å²) in [6.45, 7) is 1.92. The highest BCUT2D eigenvalue weighted by molar-refractivity contribution is 7.99. The Balaban J connectivity index is 1.60. The summed E-state index contributed by atoms with van der Waals surface area (Å²) < 4.78 is 0. The van der Waals surface area contributed by atoms with Crippen LogP contribution in [-0.2, 0) is 11.3 Å². The lowest BCUT2D eigenvalue weighted by molar-refractivity contribution is -0.128. The summed E-state index contributed by atoms with van der Waals surface area (Å²) in [4.78, 5) is 15.1. The normalized spacial score (nSPS) is 24.1. The number of benzene rings is 1. The first kappa shape index (κ1) is 15.9. The summed E-state index contributed by atoms with van der Waals surface area (Å²) in [5, 5.41) is 3.31. The second-order valence-corrected chi connectivity index (χ2v) is 7.59. The molecule has 3 nitrogen and oxygen atoms in total. The molecule has 22 heavy (non-hydrogen) atoms. The molecule has 0 aliphatic carbocycles. The maximum absolute atomic E-state index is 12.7. The van der Waals surface area contributed by atoms with E-state index in [0.717, 1.165) is 32.4 Å². The van der Waals surface area contributed by atoms with Gasteiger partial charge in [0.15, 0.2) is 0 Å². The number of nitrogens with one attached hydrogen (secondary N) is 1. The molecule has 2 fully saturated rings. The minimum atomic E-state index is 0.0588. The van der Waals surface area contributed by atoms with Crippen LogP contribution >= 0.6 is 11.8 Å². The average molecular weight is 318 g/mol. The molecule has 0 bridgehead atoms. The van der Waals surface area contributed by atoms with Gasteiger partial charge >= 0.3 is 0 Å². The van der Waals surface area contributed by atoms with E-state index in [4.69, 9.17) is 0 Å². The van der Waals surface area contributed by atoms with Gasteiger partial charge in [0.05, 0.1) is 6.04 Å². The van der Waals surface area contributed by atoms with Crippen molar-refractivity contribution in [2.45, 2.75) is 50.7 Å². The molecule has 2 saturated heterocycles. The highest BCUT2D eigenvalue weighted by Gasteiger charge is 2.30. The summed E-state index contributed by atoms with van der Waals surface area (Å²) >= 11 is 2.00. The summed E-state index contributed by atoms with van der Waals surface area (Å²) in [7, 11) is 0. The van der Waals surface area contributed by atoms with Gasteiger partial charge in [-0.2, -0.15) is 11.8 Å². The van der Waals surface area contributed by atoms with Crippen molar-refractivity contribution >= 4 is 17.7 Å². The predicted molar refractivity (Wildman–Crippen MR) is 93.0 cm³/mol. The minimum Gasteiger partial charge on any atom is -0.352 e. The Bertz CT molecular complexity index is 473. The number of hydrogen-bond acceptors (Lipinski definition) is 3. The zero-order valence-corrected chi connectivity index (χ0v) is 14.0. The molecule has 2 heterocycles. The van der Waals surface area contributed by atoms with E-state index < -0.39 is 0 Å².